The number of benzene rings is 3. The molecule has 0 heterocycles. The topological polar surface area (TPSA) is 58.2 Å². The standard InChI is InChI=1S/C25H23ClN2O2/c1-18-7-11-21(12-8-18)24(29)28-23(17-20-9-13-22(26)14-10-20)25(30)27-16-15-19-5-3-2-4-6-19/h2-14,17H,15-16H2,1H3,(H,27,30)(H,28,29). The van der Waals surface area contributed by atoms with Gasteiger partial charge in [-0.1, -0.05) is 71.8 Å². The van der Waals surface area contributed by atoms with Gasteiger partial charge in [-0.25, -0.2) is 0 Å². The molecule has 0 unspecified atom stereocenters. The summed E-state index contributed by atoms with van der Waals surface area (Å²) >= 11 is 5.94. The third-order valence-electron chi connectivity index (χ3n) is 4.53. The van der Waals surface area contributed by atoms with Crippen molar-refractivity contribution in [1.82, 2.24) is 10.6 Å². The molecule has 0 aliphatic rings. The summed E-state index contributed by atoms with van der Waals surface area (Å²) in [6.45, 7) is 2.41. The number of nitrogens with one attached hydrogen (secondary N) is 2. The summed E-state index contributed by atoms with van der Waals surface area (Å²) < 4.78 is 0. The molecule has 2 amide bonds. The third kappa shape index (κ3) is 6.33. The Labute approximate surface area is 181 Å². The molecule has 0 aliphatic heterocycles. The van der Waals surface area contributed by atoms with Crippen molar-refractivity contribution in [3.63, 3.8) is 0 Å². The fourth-order valence-corrected chi connectivity index (χ4v) is 2.97. The van der Waals surface area contributed by atoms with Gasteiger partial charge in [0.1, 0.15) is 5.70 Å². The van der Waals surface area contributed by atoms with Gasteiger partial charge in [-0.05, 0) is 54.8 Å². The van der Waals surface area contributed by atoms with Crippen molar-refractivity contribution in [2.75, 3.05) is 6.54 Å². The van der Waals surface area contributed by atoms with Gasteiger partial charge in [-0.3, -0.25) is 9.59 Å². The first-order valence-electron chi connectivity index (χ1n) is 9.69. The van der Waals surface area contributed by atoms with E-state index in [0.717, 1.165) is 16.7 Å². The van der Waals surface area contributed by atoms with Gasteiger partial charge in [0, 0.05) is 17.1 Å². The SMILES string of the molecule is Cc1ccc(C(=O)NC(=Cc2ccc(Cl)cc2)C(=O)NCCc2ccccc2)cc1. The molecule has 0 spiro atoms. The molecule has 152 valence electrons. The summed E-state index contributed by atoms with van der Waals surface area (Å²) in [5.74, 6) is -0.685. The molecule has 0 aliphatic carbocycles. The number of carbonyl (C=O) groups is 2. The molecule has 3 rings (SSSR count). The second kappa shape index (κ2) is 10.4. The fourth-order valence-electron chi connectivity index (χ4n) is 2.84. The van der Waals surface area contributed by atoms with Gasteiger partial charge in [0.25, 0.3) is 11.8 Å². The van der Waals surface area contributed by atoms with E-state index >= 15 is 0 Å². The zero-order chi connectivity index (χ0) is 21.3. The summed E-state index contributed by atoms with van der Waals surface area (Å²) in [7, 11) is 0. The van der Waals surface area contributed by atoms with Crippen LogP contribution >= 0.6 is 11.6 Å². The van der Waals surface area contributed by atoms with Gasteiger partial charge in [0.15, 0.2) is 0 Å². The van der Waals surface area contributed by atoms with E-state index < -0.39 is 0 Å². The summed E-state index contributed by atoms with van der Waals surface area (Å²) in [5, 5.41) is 6.22. The van der Waals surface area contributed by atoms with Crippen LogP contribution in [0.1, 0.15) is 27.0 Å². The largest absolute Gasteiger partial charge is 0.350 e. The smallest absolute Gasteiger partial charge is 0.267 e. The van der Waals surface area contributed by atoms with Crippen LogP contribution in [0.3, 0.4) is 0 Å². The molecular formula is C25H23ClN2O2. The fraction of sp³-hybridized carbons (Fsp3) is 0.120. The van der Waals surface area contributed by atoms with Crippen molar-refractivity contribution in [1.29, 1.82) is 0 Å². The average molecular weight is 419 g/mol. The van der Waals surface area contributed by atoms with E-state index in [4.69, 9.17) is 11.6 Å². The van der Waals surface area contributed by atoms with Crippen LogP contribution in [0.25, 0.3) is 6.08 Å². The summed E-state index contributed by atoms with van der Waals surface area (Å²) in [6, 6.07) is 24.1. The molecule has 0 saturated heterocycles. The van der Waals surface area contributed by atoms with Crippen molar-refractivity contribution in [3.8, 4) is 0 Å². The Kier molecular flexibility index (Phi) is 7.41. The first kappa shape index (κ1) is 21.3. The third-order valence-corrected chi connectivity index (χ3v) is 4.78. The lowest BCUT2D eigenvalue weighted by Gasteiger charge is -2.12. The van der Waals surface area contributed by atoms with Gasteiger partial charge in [0.05, 0.1) is 0 Å². The highest BCUT2D eigenvalue weighted by Crippen LogP contribution is 2.13. The molecule has 2 N–H and O–H groups in total. The summed E-state index contributed by atoms with van der Waals surface area (Å²) in [5.41, 5.74) is 3.61. The quantitative estimate of drug-likeness (QED) is 0.542. The molecule has 30 heavy (non-hydrogen) atoms. The van der Waals surface area contributed by atoms with E-state index in [-0.39, 0.29) is 17.5 Å². The lowest BCUT2D eigenvalue weighted by molar-refractivity contribution is -0.117. The molecular weight excluding hydrogens is 396 g/mol. The molecule has 0 saturated carbocycles. The van der Waals surface area contributed by atoms with Crippen LogP contribution in [0.4, 0.5) is 0 Å². The minimum atomic E-state index is -0.346. The van der Waals surface area contributed by atoms with E-state index in [1.165, 1.54) is 0 Å². The van der Waals surface area contributed by atoms with Gasteiger partial charge < -0.3 is 10.6 Å². The number of amides is 2. The van der Waals surface area contributed by atoms with Crippen LogP contribution < -0.4 is 10.6 Å². The molecule has 0 fully saturated rings. The van der Waals surface area contributed by atoms with Gasteiger partial charge in [0.2, 0.25) is 0 Å². The minimum absolute atomic E-state index is 0.177. The highest BCUT2D eigenvalue weighted by molar-refractivity contribution is 6.30. The lowest BCUT2D eigenvalue weighted by atomic mass is 10.1. The number of halogens is 1. The first-order valence-corrected chi connectivity index (χ1v) is 10.1. The van der Waals surface area contributed by atoms with Crippen molar-refractivity contribution >= 4 is 29.5 Å². The average Bonchev–Trinajstić information content (AvgIpc) is 2.76. The van der Waals surface area contributed by atoms with E-state index in [1.807, 2.05) is 49.4 Å². The van der Waals surface area contributed by atoms with Crippen LogP contribution in [0.2, 0.25) is 5.02 Å². The Morgan fingerprint density at radius 3 is 2.23 bits per heavy atom. The number of aryl methyl sites for hydroxylation is 1. The van der Waals surface area contributed by atoms with Crippen LogP contribution in [-0.2, 0) is 11.2 Å². The van der Waals surface area contributed by atoms with E-state index in [0.29, 0.717) is 23.6 Å². The van der Waals surface area contributed by atoms with Crippen molar-refractivity contribution in [2.24, 2.45) is 0 Å². The predicted molar refractivity (Wildman–Crippen MR) is 121 cm³/mol. The Morgan fingerprint density at radius 1 is 0.900 bits per heavy atom. The van der Waals surface area contributed by atoms with Crippen LogP contribution in [0, 0.1) is 6.92 Å². The molecule has 3 aromatic rings. The van der Waals surface area contributed by atoms with Gasteiger partial charge in [-0.2, -0.15) is 0 Å². The zero-order valence-electron chi connectivity index (χ0n) is 16.7. The summed E-state index contributed by atoms with van der Waals surface area (Å²) in [6.07, 6.45) is 2.34. The normalized spacial score (nSPS) is 11.1. The number of hydrogen-bond acceptors (Lipinski definition) is 2. The van der Waals surface area contributed by atoms with Gasteiger partial charge in [-0.15, -0.1) is 0 Å². The molecule has 0 aromatic heterocycles. The molecule has 4 nitrogen and oxygen atoms in total. The second-order valence-electron chi connectivity index (χ2n) is 6.92. The summed E-state index contributed by atoms with van der Waals surface area (Å²) in [4.78, 5) is 25.5. The highest BCUT2D eigenvalue weighted by Gasteiger charge is 2.14. The Morgan fingerprint density at radius 2 is 1.57 bits per heavy atom. The highest BCUT2D eigenvalue weighted by atomic mass is 35.5. The molecule has 5 heteroatoms. The predicted octanol–water partition coefficient (Wildman–Crippen LogP) is 4.78. The van der Waals surface area contributed by atoms with Crippen LogP contribution in [0.5, 0.6) is 0 Å². The zero-order valence-corrected chi connectivity index (χ0v) is 17.4. The maximum Gasteiger partial charge on any atom is 0.267 e. The number of hydrogen-bond donors (Lipinski definition) is 2. The molecule has 0 atom stereocenters. The van der Waals surface area contributed by atoms with Crippen LogP contribution in [-0.4, -0.2) is 18.4 Å². The Balaban J connectivity index is 1.74. The second-order valence-corrected chi connectivity index (χ2v) is 7.36. The maximum absolute atomic E-state index is 12.8. The minimum Gasteiger partial charge on any atom is -0.350 e. The number of carbonyl (C=O) groups excluding carboxylic acids is 2. The lowest BCUT2D eigenvalue weighted by Crippen LogP contribution is -2.35. The molecule has 3 aromatic carbocycles. The Bertz CT molecular complexity index is 1030. The van der Waals surface area contributed by atoms with E-state index in [9.17, 15) is 9.59 Å². The van der Waals surface area contributed by atoms with Crippen LogP contribution in [0.15, 0.2) is 84.6 Å². The molecule has 0 radical (unpaired) electrons. The van der Waals surface area contributed by atoms with Crippen molar-refractivity contribution < 1.29 is 9.59 Å². The monoisotopic (exact) mass is 418 g/mol. The Hall–Kier alpha value is -3.37. The van der Waals surface area contributed by atoms with E-state index in [1.54, 1.807) is 42.5 Å². The van der Waals surface area contributed by atoms with Crippen molar-refractivity contribution in [2.45, 2.75) is 13.3 Å². The first-order chi connectivity index (χ1) is 14.5. The van der Waals surface area contributed by atoms with E-state index in [2.05, 4.69) is 10.6 Å². The number of rotatable bonds is 7. The van der Waals surface area contributed by atoms with Crippen molar-refractivity contribution in [3.05, 3.63) is 112 Å². The maximum atomic E-state index is 12.8. The van der Waals surface area contributed by atoms with Gasteiger partial charge >= 0.3 is 0 Å². The molecule has 0 bridgehead atoms.